The number of fused-ring (bicyclic) bond motifs is 1. The molecule has 5 heteroatoms. The molecule has 0 aromatic rings. The fraction of sp³-hybridized carbons (Fsp3) is 0.625. The second kappa shape index (κ2) is 6.43. The van der Waals surface area contributed by atoms with E-state index >= 15 is 0 Å². The van der Waals surface area contributed by atoms with Crippen molar-refractivity contribution in [3.63, 3.8) is 0 Å². The molecule has 0 amide bonds. The number of hydrogen-bond acceptors (Lipinski definition) is 5. The van der Waals surface area contributed by atoms with Gasteiger partial charge in [0.2, 0.25) is 11.2 Å². The average Bonchev–Trinajstić information content (AvgIpc) is 3.20. The van der Waals surface area contributed by atoms with Gasteiger partial charge in [0, 0.05) is 0 Å². The highest BCUT2D eigenvalue weighted by molar-refractivity contribution is 6.02. The lowest BCUT2D eigenvalue weighted by Gasteiger charge is -2.15. The van der Waals surface area contributed by atoms with Gasteiger partial charge >= 0.3 is 11.9 Å². The first-order valence-electron chi connectivity index (χ1n) is 7.54. The standard InChI is InChI=1S/C16H22O5/c1-3-5-11-19-13(17)15-9-7-8-10-16(15,21-15)14(18)20-12-6-4-2/h7-10H,3-6,11-12H2,1-2H3. The molecule has 0 N–H and O–H groups in total. The summed E-state index contributed by atoms with van der Waals surface area (Å²) in [7, 11) is 0. The smallest absolute Gasteiger partial charge is 0.346 e. The number of epoxide rings is 1. The zero-order valence-corrected chi connectivity index (χ0v) is 12.6. The first kappa shape index (κ1) is 15.8. The summed E-state index contributed by atoms with van der Waals surface area (Å²) in [5.74, 6) is -1.05. The molecule has 1 fully saturated rings. The lowest BCUT2D eigenvalue weighted by atomic mass is 9.88. The van der Waals surface area contributed by atoms with Crippen LogP contribution < -0.4 is 0 Å². The van der Waals surface area contributed by atoms with Crippen LogP contribution >= 0.6 is 0 Å². The number of hydrogen-bond donors (Lipinski definition) is 0. The van der Waals surface area contributed by atoms with Crippen LogP contribution in [0.25, 0.3) is 0 Å². The molecule has 1 aliphatic carbocycles. The predicted molar refractivity (Wildman–Crippen MR) is 76.6 cm³/mol. The molecule has 116 valence electrons. The van der Waals surface area contributed by atoms with E-state index in [0.717, 1.165) is 25.7 Å². The number of carbonyl (C=O) groups excluding carboxylic acids is 2. The summed E-state index contributed by atoms with van der Waals surface area (Å²) in [6.07, 6.45) is 9.95. The number of unbranched alkanes of at least 4 members (excludes halogenated alkanes) is 2. The van der Waals surface area contributed by atoms with Crippen LogP contribution in [0.15, 0.2) is 24.3 Å². The van der Waals surface area contributed by atoms with Gasteiger partial charge < -0.3 is 14.2 Å². The highest BCUT2D eigenvalue weighted by Gasteiger charge is 2.79. The topological polar surface area (TPSA) is 65.1 Å². The molecular weight excluding hydrogens is 272 g/mol. The van der Waals surface area contributed by atoms with Gasteiger partial charge in [-0.15, -0.1) is 0 Å². The Morgan fingerprint density at radius 2 is 1.33 bits per heavy atom. The van der Waals surface area contributed by atoms with E-state index in [2.05, 4.69) is 0 Å². The summed E-state index contributed by atoms with van der Waals surface area (Å²) in [4.78, 5) is 24.5. The normalized spacial score (nSPS) is 28.9. The highest BCUT2D eigenvalue weighted by Crippen LogP contribution is 2.53. The van der Waals surface area contributed by atoms with Gasteiger partial charge in [-0.05, 0) is 25.0 Å². The van der Waals surface area contributed by atoms with Crippen LogP contribution in [0.2, 0.25) is 0 Å². The first-order valence-corrected chi connectivity index (χ1v) is 7.54. The van der Waals surface area contributed by atoms with Crippen molar-refractivity contribution in [1.82, 2.24) is 0 Å². The van der Waals surface area contributed by atoms with Crippen LogP contribution in [0.3, 0.4) is 0 Å². The number of rotatable bonds is 8. The van der Waals surface area contributed by atoms with Crippen LogP contribution in [-0.4, -0.2) is 36.4 Å². The average molecular weight is 294 g/mol. The minimum atomic E-state index is -1.33. The summed E-state index contributed by atoms with van der Waals surface area (Å²) >= 11 is 0. The molecule has 0 bridgehead atoms. The number of ether oxygens (including phenoxy) is 3. The SMILES string of the molecule is CCCCOC(=O)C12C=CC=CC1(C(=O)OCCCC)O2. The van der Waals surface area contributed by atoms with Crippen LogP contribution in [0, 0.1) is 0 Å². The summed E-state index contributed by atoms with van der Waals surface area (Å²) in [5.41, 5.74) is -2.67. The molecule has 2 atom stereocenters. The van der Waals surface area contributed by atoms with Gasteiger partial charge in [0.1, 0.15) is 0 Å². The summed E-state index contributed by atoms with van der Waals surface area (Å²) in [6, 6.07) is 0. The minimum absolute atomic E-state index is 0.332. The molecule has 0 aromatic carbocycles. The van der Waals surface area contributed by atoms with Crippen LogP contribution in [0.5, 0.6) is 0 Å². The molecule has 21 heavy (non-hydrogen) atoms. The van der Waals surface area contributed by atoms with E-state index in [9.17, 15) is 9.59 Å². The molecule has 1 saturated heterocycles. The minimum Gasteiger partial charge on any atom is -0.463 e. The van der Waals surface area contributed by atoms with Crippen LogP contribution in [-0.2, 0) is 23.8 Å². The molecule has 2 rings (SSSR count). The number of esters is 2. The second-order valence-electron chi connectivity index (χ2n) is 5.27. The van der Waals surface area contributed by atoms with Crippen molar-refractivity contribution < 1.29 is 23.8 Å². The predicted octanol–water partition coefficient (Wildman–Crippen LogP) is 2.31. The van der Waals surface area contributed by atoms with E-state index in [1.807, 2.05) is 13.8 Å². The van der Waals surface area contributed by atoms with E-state index in [1.165, 1.54) is 0 Å². The number of carbonyl (C=O) groups is 2. The van der Waals surface area contributed by atoms with E-state index in [-0.39, 0.29) is 0 Å². The lowest BCUT2D eigenvalue weighted by Crippen LogP contribution is -2.40. The Kier molecular flexibility index (Phi) is 4.83. The zero-order chi connectivity index (χ0) is 15.3. The zero-order valence-electron chi connectivity index (χ0n) is 12.6. The van der Waals surface area contributed by atoms with Crippen molar-refractivity contribution in [2.45, 2.75) is 50.7 Å². The third-order valence-corrected chi connectivity index (χ3v) is 3.67. The van der Waals surface area contributed by atoms with Crippen molar-refractivity contribution >= 4 is 11.9 Å². The summed E-state index contributed by atoms with van der Waals surface area (Å²) < 4.78 is 15.9. The third kappa shape index (κ3) is 2.75. The Hall–Kier alpha value is -1.62. The molecule has 0 spiro atoms. The number of allylic oxidation sites excluding steroid dienone is 2. The Balaban J connectivity index is 2.02. The van der Waals surface area contributed by atoms with E-state index in [4.69, 9.17) is 14.2 Å². The molecule has 0 saturated carbocycles. The van der Waals surface area contributed by atoms with Crippen molar-refractivity contribution in [2.24, 2.45) is 0 Å². The monoisotopic (exact) mass is 294 g/mol. The maximum atomic E-state index is 12.2. The molecule has 5 nitrogen and oxygen atoms in total. The van der Waals surface area contributed by atoms with Gasteiger partial charge in [-0.2, -0.15) is 0 Å². The molecule has 1 heterocycles. The Morgan fingerprint density at radius 3 is 1.71 bits per heavy atom. The van der Waals surface area contributed by atoms with Gasteiger partial charge in [0.05, 0.1) is 13.2 Å². The van der Waals surface area contributed by atoms with Crippen molar-refractivity contribution in [2.75, 3.05) is 13.2 Å². The Morgan fingerprint density at radius 1 is 0.905 bits per heavy atom. The fourth-order valence-electron chi connectivity index (χ4n) is 2.28. The molecule has 0 aromatic heterocycles. The molecular formula is C16H22O5. The maximum Gasteiger partial charge on any atom is 0.346 e. The highest BCUT2D eigenvalue weighted by atomic mass is 16.7. The van der Waals surface area contributed by atoms with Crippen molar-refractivity contribution in [3.8, 4) is 0 Å². The van der Waals surface area contributed by atoms with E-state index in [1.54, 1.807) is 24.3 Å². The lowest BCUT2D eigenvalue weighted by molar-refractivity contribution is -0.151. The largest absolute Gasteiger partial charge is 0.463 e. The fourth-order valence-corrected chi connectivity index (χ4v) is 2.28. The Labute approximate surface area is 124 Å². The van der Waals surface area contributed by atoms with Gasteiger partial charge in [-0.1, -0.05) is 38.8 Å². The van der Waals surface area contributed by atoms with Gasteiger partial charge in [0.15, 0.2) is 0 Å². The molecule has 2 unspecified atom stereocenters. The van der Waals surface area contributed by atoms with Gasteiger partial charge in [-0.3, -0.25) is 0 Å². The van der Waals surface area contributed by atoms with E-state index in [0.29, 0.717) is 13.2 Å². The van der Waals surface area contributed by atoms with Crippen molar-refractivity contribution in [1.29, 1.82) is 0 Å². The van der Waals surface area contributed by atoms with E-state index < -0.39 is 23.1 Å². The Bertz CT molecular complexity index is 425. The van der Waals surface area contributed by atoms with Gasteiger partial charge in [0.25, 0.3) is 0 Å². The first-order chi connectivity index (χ1) is 10.1. The van der Waals surface area contributed by atoms with Crippen LogP contribution in [0.1, 0.15) is 39.5 Å². The second-order valence-corrected chi connectivity index (χ2v) is 5.27. The summed E-state index contributed by atoms with van der Waals surface area (Å²) in [5, 5.41) is 0. The maximum absolute atomic E-state index is 12.2. The van der Waals surface area contributed by atoms with Crippen LogP contribution in [0.4, 0.5) is 0 Å². The summed E-state index contributed by atoms with van der Waals surface area (Å²) in [6.45, 7) is 4.69. The van der Waals surface area contributed by atoms with Crippen molar-refractivity contribution in [3.05, 3.63) is 24.3 Å². The van der Waals surface area contributed by atoms with Gasteiger partial charge in [-0.25, -0.2) is 9.59 Å². The third-order valence-electron chi connectivity index (χ3n) is 3.67. The molecule has 1 aliphatic heterocycles. The quantitative estimate of drug-likeness (QED) is 0.390. The molecule has 0 radical (unpaired) electrons. The molecule has 2 aliphatic rings.